The zero-order chi connectivity index (χ0) is 48.6. The van der Waals surface area contributed by atoms with Gasteiger partial charge in [0.2, 0.25) is 0 Å². The van der Waals surface area contributed by atoms with Crippen molar-refractivity contribution in [2.24, 2.45) is 0 Å². The maximum atomic E-state index is 12.8. The van der Waals surface area contributed by atoms with E-state index in [1.165, 1.54) is 51.4 Å². The van der Waals surface area contributed by atoms with Gasteiger partial charge in [-0.2, -0.15) is 0 Å². The molecule has 0 spiro atoms. The maximum absolute atomic E-state index is 12.8. The molecule has 1 atom stereocenters. The number of hydrogen-bond acceptors (Lipinski definition) is 6. The van der Waals surface area contributed by atoms with Gasteiger partial charge in [-0.3, -0.25) is 14.4 Å². The second-order valence-electron chi connectivity index (χ2n) is 17.4. The molecule has 0 saturated heterocycles. The fourth-order valence-corrected chi connectivity index (χ4v) is 6.96. The van der Waals surface area contributed by atoms with Gasteiger partial charge in [-0.1, -0.05) is 219 Å². The summed E-state index contributed by atoms with van der Waals surface area (Å²) in [6.45, 7) is 6.34. The number of carbonyl (C=O) groups excluding carboxylic acids is 3. The third-order valence-electron chi connectivity index (χ3n) is 11.0. The number of ether oxygens (including phenoxy) is 3. The van der Waals surface area contributed by atoms with Crippen molar-refractivity contribution < 1.29 is 28.6 Å². The molecule has 0 N–H and O–H groups in total. The van der Waals surface area contributed by atoms with Gasteiger partial charge in [0.1, 0.15) is 13.2 Å². The SMILES string of the molecule is CC/C=C\C/C=C\C/C=C\C/C=C\C/C=C\CCCCCC(=O)OC[C@H](COC(=O)CCCCCCCCCCCCC)OC(=O)CCCCC/C=C\C/C=C\C/C=C\C/C=C\C/C=C\CC. The van der Waals surface area contributed by atoms with E-state index < -0.39 is 6.10 Å². The molecule has 0 fully saturated rings. The largest absolute Gasteiger partial charge is 0.462 e. The van der Waals surface area contributed by atoms with Gasteiger partial charge in [0, 0.05) is 19.3 Å². The third kappa shape index (κ3) is 52.6. The minimum atomic E-state index is -0.811. The fourth-order valence-electron chi connectivity index (χ4n) is 6.96. The second-order valence-corrected chi connectivity index (χ2v) is 17.4. The summed E-state index contributed by atoms with van der Waals surface area (Å²) in [7, 11) is 0. The summed E-state index contributed by atoms with van der Waals surface area (Å²) in [5, 5.41) is 0. The summed E-state index contributed by atoms with van der Waals surface area (Å²) in [6, 6.07) is 0. The molecule has 378 valence electrons. The van der Waals surface area contributed by atoms with E-state index in [1.807, 2.05) is 0 Å². The Morgan fingerprint density at radius 1 is 0.313 bits per heavy atom. The Labute approximate surface area is 412 Å². The lowest BCUT2D eigenvalue weighted by Crippen LogP contribution is -2.30. The Bertz CT molecular complexity index is 1440. The monoisotopic (exact) mass is 927 g/mol. The van der Waals surface area contributed by atoms with Crippen molar-refractivity contribution in [3.8, 4) is 0 Å². The van der Waals surface area contributed by atoms with Gasteiger partial charge in [-0.15, -0.1) is 0 Å². The number of esters is 3. The zero-order valence-electron chi connectivity index (χ0n) is 43.1. The van der Waals surface area contributed by atoms with Crippen LogP contribution < -0.4 is 0 Å². The summed E-state index contributed by atoms with van der Waals surface area (Å²) in [5.41, 5.74) is 0. The molecule has 0 amide bonds. The highest BCUT2D eigenvalue weighted by Gasteiger charge is 2.19. The van der Waals surface area contributed by atoms with Crippen molar-refractivity contribution >= 4 is 17.9 Å². The van der Waals surface area contributed by atoms with Crippen molar-refractivity contribution in [3.05, 3.63) is 122 Å². The predicted octanol–water partition coefficient (Wildman–Crippen LogP) is 18.1. The Hall–Kier alpha value is -4.19. The molecule has 0 aromatic carbocycles. The van der Waals surface area contributed by atoms with Crippen LogP contribution in [-0.2, 0) is 28.6 Å². The third-order valence-corrected chi connectivity index (χ3v) is 11.0. The van der Waals surface area contributed by atoms with Gasteiger partial charge in [-0.05, 0) is 109 Å². The Morgan fingerprint density at radius 2 is 0.582 bits per heavy atom. The van der Waals surface area contributed by atoms with Crippen LogP contribution in [0.4, 0.5) is 0 Å². The number of carbonyl (C=O) groups is 3. The lowest BCUT2D eigenvalue weighted by molar-refractivity contribution is -0.167. The molecule has 67 heavy (non-hydrogen) atoms. The van der Waals surface area contributed by atoms with Gasteiger partial charge in [0.05, 0.1) is 0 Å². The number of unbranched alkanes of at least 4 members (excludes halogenated alkanes) is 16. The van der Waals surface area contributed by atoms with Crippen LogP contribution in [0.5, 0.6) is 0 Å². The Balaban J connectivity index is 4.51. The number of allylic oxidation sites excluding steroid dienone is 20. The molecule has 0 saturated carbocycles. The molecule has 0 radical (unpaired) electrons. The van der Waals surface area contributed by atoms with Crippen molar-refractivity contribution in [3.63, 3.8) is 0 Å². The van der Waals surface area contributed by atoms with Crippen LogP contribution >= 0.6 is 0 Å². The highest BCUT2D eigenvalue weighted by molar-refractivity contribution is 5.71. The average molecular weight is 927 g/mol. The number of rotatable bonds is 47. The first-order valence-electron chi connectivity index (χ1n) is 27.0. The molecule has 0 aromatic heterocycles. The summed E-state index contributed by atoms with van der Waals surface area (Å²) in [4.78, 5) is 38.0. The van der Waals surface area contributed by atoms with E-state index in [1.54, 1.807) is 0 Å². The van der Waals surface area contributed by atoms with E-state index in [0.29, 0.717) is 19.3 Å². The zero-order valence-corrected chi connectivity index (χ0v) is 43.1. The molecule has 0 bridgehead atoms. The standard InChI is InChI=1S/C61H98O6/c1-4-7-10-13-16-19-22-24-26-28-30-32-34-36-39-42-45-48-51-54-60(63)66-57-58(56-65-59(62)53-50-47-44-41-38-21-18-15-12-9-6-3)67-61(64)55-52-49-46-43-40-37-35-33-31-29-27-25-23-20-17-14-11-8-5-2/h7-8,10-11,16-17,19-20,24-27,30-33,36-37,39-40,58H,4-6,9,12-15,18,21-23,28-29,34-35,38,41-57H2,1-3H3/b10-7-,11-8-,19-16-,20-17-,26-24-,27-25-,32-30-,33-31-,39-36-,40-37-/t58-/m0/s1. The quantitative estimate of drug-likeness (QED) is 0.0262. The molecule has 0 aliphatic rings. The average Bonchev–Trinajstić information content (AvgIpc) is 3.33. The van der Waals surface area contributed by atoms with Crippen LogP contribution in [0.15, 0.2) is 122 Å². The molecule has 6 heteroatoms. The van der Waals surface area contributed by atoms with E-state index in [4.69, 9.17) is 14.2 Å². The minimum absolute atomic E-state index is 0.104. The first kappa shape index (κ1) is 62.8. The van der Waals surface area contributed by atoms with Gasteiger partial charge < -0.3 is 14.2 Å². The van der Waals surface area contributed by atoms with Crippen LogP contribution in [0.2, 0.25) is 0 Å². The van der Waals surface area contributed by atoms with Crippen molar-refractivity contribution in [1.82, 2.24) is 0 Å². The lowest BCUT2D eigenvalue weighted by Gasteiger charge is -2.18. The molecule has 0 rings (SSSR count). The normalized spacial score (nSPS) is 13.1. The van der Waals surface area contributed by atoms with E-state index in [-0.39, 0.29) is 37.5 Å². The Kier molecular flexibility index (Phi) is 51.0. The molecule has 0 heterocycles. The summed E-state index contributed by atoms with van der Waals surface area (Å²) in [6.07, 6.45) is 74.7. The van der Waals surface area contributed by atoms with Crippen molar-refractivity contribution in [1.29, 1.82) is 0 Å². The fraction of sp³-hybridized carbons (Fsp3) is 0.623. The maximum Gasteiger partial charge on any atom is 0.306 e. The topological polar surface area (TPSA) is 78.9 Å². The first-order chi connectivity index (χ1) is 33.0. The van der Waals surface area contributed by atoms with Crippen molar-refractivity contribution in [2.45, 2.75) is 232 Å². The molecule has 0 unspecified atom stereocenters. The molecular weight excluding hydrogens is 829 g/mol. The summed E-state index contributed by atoms with van der Waals surface area (Å²) >= 11 is 0. The first-order valence-corrected chi connectivity index (χ1v) is 27.0. The van der Waals surface area contributed by atoms with E-state index in [9.17, 15) is 14.4 Å². The predicted molar refractivity (Wildman–Crippen MR) is 288 cm³/mol. The molecule has 6 nitrogen and oxygen atoms in total. The van der Waals surface area contributed by atoms with Crippen LogP contribution in [0.3, 0.4) is 0 Å². The summed E-state index contributed by atoms with van der Waals surface area (Å²) in [5.74, 6) is -0.975. The van der Waals surface area contributed by atoms with Crippen LogP contribution in [-0.4, -0.2) is 37.2 Å². The number of hydrogen-bond donors (Lipinski definition) is 0. The molecule has 0 aliphatic carbocycles. The van der Waals surface area contributed by atoms with Gasteiger partial charge in [0.15, 0.2) is 6.10 Å². The van der Waals surface area contributed by atoms with Crippen molar-refractivity contribution in [2.75, 3.05) is 13.2 Å². The van der Waals surface area contributed by atoms with Crippen LogP contribution in [0, 0.1) is 0 Å². The highest BCUT2D eigenvalue weighted by Crippen LogP contribution is 2.14. The van der Waals surface area contributed by atoms with Crippen LogP contribution in [0.1, 0.15) is 226 Å². The lowest BCUT2D eigenvalue weighted by atomic mass is 10.1. The minimum Gasteiger partial charge on any atom is -0.462 e. The van der Waals surface area contributed by atoms with Gasteiger partial charge >= 0.3 is 17.9 Å². The van der Waals surface area contributed by atoms with E-state index in [2.05, 4.69) is 142 Å². The smallest absolute Gasteiger partial charge is 0.306 e. The molecule has 0 aliphatic heterocycles. The molecular formula is C61H98O6. The highest BCUT2D eigenvalue weighted by atomic mass is 16.6. The van der Waals surface area contributed by atoms with E-state index in [0.717, 1.165) is 128 Å². The summed E-state index contributed by atoms with van der Waals surface area (Å²) < 4.78 is 16.8. The second kappa shape index (κ2) is 54.4. The van der Waals surface area contributed by atoms with Gasteiger partial charge in [-0.25, -0.2) is 0 Å². The molecule has 0 aromatic rings. The van der Waals surface area contributed by atoms with Gasteiger partial charge in [0.25, 0.3) is 0 Å². The van der Waals surface area contributed by atoms with Crippen LogP contribution in [0.25, 0.3) is 0 Å². The Morgan fingerprint density at radius 3 is 0.910 bits per heavy atom. The van der Waals surface area contributed by atoms with E-state index >= 15 is 0 Å².